The molecule has 98 valence electrons. The molecule has 0 radical (unpaired) electrons. The highest BCUT2D eigenvalue weighted by atomic mass is 16.3. The Bertz CT molecular complexity index is 452. The lowest BCUT2D eigenvalue weighted by Crippen LogP contribution is -2.36. The number of aliphatic hydroxyl groups excluding tert-OH is 1. The lowest BCUT2D eigenvalue weighted by Gasteiger charge is -2.21. The third-order valence-electron chi connectivity index (χ3n) is 3.52. The minimum atomic E-state index is -0.271. The van der Waals surface area contributed by atoms with Crippen molar-refractivity contribution in [3.63, 3.8) is 0 Å². The summed E-state index contributed by atoms with van der Waals surface area (Å²) in [5.74, 6) is -0.0498. The fourth-order valence-corrected chi connectivity index (χ4v) is 2.19. The van der Waals surface area contributed by atoms with E-state index < -0.39 is 0 Å². The van der Waals surface area contributed by atoms with Crippen LogP contribution < -0.4 is 5.32 Å². The molecule has 0 saturated carbocycles. The SMILES string of the molecule is CC(C)(CO)CNC(=O)c1ccc2c(c1)CCC2. The molecule has 0 aliphatic heterocycles. The Morgan fingerprint density at radius 2 is 2.06 bits per heavy atom. The number of carbonyl (C=O) groups excluding carboxylic acids is 1. The zero-order chi connectivity index (χ0) is 13.2. The van der Waals surface area contributed by atoms with Crippen molar-refractivity contribution in [1.82, 2.24) is 5.32 Å². The standard InChI is InChI=1S/C15H21NO2/c1-15(2,10-17)9-16-14(18)13-7-6-11-4-3-5-12(11)8-13/h6-8,17H,3-5,9-10H2,1-2H3,(H,16,18). The van der Waals surface area contributed by atoms with Gasteiger partial charge in [-0.2, -0.15) is 0 Å². The molecular formula is C15H21NO2. The number of nitrogens with one attached hydrogen (secondary N) is 1. The van der Waals surface area contributed by atoms with Crippen LogP contribution >= 0.6 is 0 Å². The van der Waals surface area contributed by atoms with Gasteiger partial charge in [-0.3, -0.25) is 4.79 Å². The highest BCUT2D eigenvalue weighted by Crippen LogP contribution is 2.22. The molecule has 1 aromatic carbocycles. The van der Waals surface area contributed by atoms with Crippen molar-refractivity contribution < 1.29 is 9.90 Å². The predicted octanol–water partition coefficient (Wildman–Crippen LogP) is 1.92. The second kappa shape index (κ2) is 5.11. The zero-order valence-electron chi connectivity index (χ0n) is 11.1. The number of fused-ring (bicyclic) bond motifs is 1. The second-order valence-corrected chi connectivity index (χ2v) is 5.84. The van der Waals surface area contributed by atoms with Crippen molar-refractivity contribution in [3.8, 4) is 0 Å². The van der Waals surface area contributed by atoms with E-state index in [2.05, 4.69) is 11.4 Å². The predicted molar refractivity (Wildman–Crippen MR) is 71.7 cm³/mol. The first-order chi connectivity index (χ1) is 8.52. The summed E-state index contributed by atoms with van der Waals surface area (Å²) in [7, 11) is 0. The molecule has 0 bridgehead atoms. The number of carbonyl (C=O) groups is 1. The van der Waals surface area contributed by atoms with E-state index in [1.807, 2.05) is 26.0 Å². The van der Waals surface area contributed by atoms with Crippen LogP contribution in [0.3, 0.4) is 0 Å². The fraction of sp³-hybridized carbons (Fsp3) is 0.533. The van der Waals surface area contributed by atoms with Crippen molar-refractivity contribution in [3.05, 3.63) is 34.9 Å². The van der Waals surface area contributed by atoms with Crippen LogP contribution in [0.1, 0.15) is 41.8 Å². The number of benzene rings is 1. The molecule has 0 unspecified atom stereocenters. The Morgan fingerprint density at radius 1 is 1.33 bits per heavy atom. The summed E-state index contributed by atoms with van der Waals surface area (Å²) in [5, 5.41) is 12.0. The number of amides is 1. The highest BCUT2D eigenvalue weighted by Gasteiger charge is 2.19. The van der Waals surface area contributed by atoms with Gasteiger partial charge in [-0.15, -0.1) is 0 Å². The Kier molecular flexibility index (Phi) is 3.71. The van der Waals surface area contributed by atoms with Crippen LogP contribution in [0.4, 0.5) is 0 Å². The van der Waals surface area contributed by atoms with Gasteiger partial charge in [0.15, 0.2) is 0 Å². The smallest absolute Gasteiger partial charge is 0.251 e. The maximum absolute atomic E-state index is 12.0. The summed E-state index contributed by atoms with van der Waals surface area (Å²) in [4.78, 5) is 12.0. The summed E-state index contributed by atoms with van der Waals surface area (Å²) < 4.78 is 0. The molecule has 0 atom stereocenters. The Balaban J connectivity index is 2.01. The van der Waals surface area contributed by atoms with E-state index in [0.29, 0.717) is 6.54 Å². The van der Waals surface area contributed by atoms with Gasteiger partial charge in [-0.1, -0.05) is 19.9 Å². The van der Waals surface area contributed by atoms with E-state index >= 15 is 0 Å². The lowest BCUT2D eigenvalue weighted by atomic mass is 9.95. The van der Waals surface area contributed by atoms with Gasteiger partial charge in [-0.05, 0) is 42.5 Å². The van der Waals surface area contributed by atoms with Gasteiger partial charge in [0.2, 0.25) is 0 Å². The Morgan fingerprint density at radius 3 is 2.78 bits per heavy atom. The highest BCUT2D eigenvalue weighted by molar-refractivity contribution is 5.94. The average molecular weight is 247 g/mol. The third kappa shape index (κ3) is 2.91. The van der Waals surface area contributed by atoms with Crippen molar-refractivity contribution in [2.45, 2.75) is 33.1 Å². The molecule has 0 saturated heterocycles. The first-order valence-electron chi connectivity index (χ1n) is 6.53. The van der Waals surface area contributed by atoms with Gasteiger partial charge in [-0.25, -0.2) is 0 Å². The summed E-state index contributed by atoms with van der Waals surface area (Å²) in [6.07, 6.45) is 3.41. The fourth-order valence-electron chi connectivity index (χ4n) is 2.19. The molecule has 3 nitrogen and oxygen atoms in total. The number of hydrogen-bond acceptors (Lipinski definition) is 2. The molecule has 1 amide bonds. The maximum Gasteiger partial charge on any atom is 0.251 e. The van der Waals surface area contributed by atoms with Crippen molar-refractivity contribution in [2.24, 2.45) is 5.41 Å². The Labute approximate surface area is 108 Å². The van der Waals surface area contributed by atoms with E-state index in [1.54, 1.807) is 0 Å². The van der Waals surface area contributed by atoms with Crippen molar-refractivity contribution in [1.29, 1.82) is 0 Å². The van der Waals surface area contributed by atoms with Gasteiger partial charge in [0.25, 0.3) is 5.91 Å². The van der Waals surface area contributed by atoms with E-state index in [1.165, 1.54) is 17.5 Å². The molecule has 2 rings (SSSR count). The number of aliphatic hydroxyl groups is 1. The monoisotopic (exact) mass is 247 g/mol. The van der Waals surface area contributed by atoms with Gasteiger partial charge >= 0.3 is 0 Å². The van der Waals surface area contributed by atoms with E-state index in [9.17, 15) is 4.79 Å². The molecule has 0 heterocycles. The quantitative estimate of drug-likeness (QED) is 0.854. The van der Waals surface area contributed by atoms with E-state index in [4.69, 9.17) is 5.11 Å². The van der Waals surface area contributed by atoms with Crippen LogP contribution in [0.2, 0.25) is 0 Å². The number of rotatable bonds is 4. The van der Waals surface area contributed by atoms with Crippen LogP contribution in [0.15, 0.2) is 18.2 Å². The van der Waals surface area contributed by atoms with Crippen LogP contribution in [0, 0.1) is 5.41 Å². The van der Waals surface area contributed by atoms with Gasteiger partial charge in [0.1, 0.15) is 0 Å². The molecule has 0 aromatic heterocycles. The van der Waals surface area contributed by atoms with Crippen LogP contribution in [0.5, 0.6) is 0 Å². The summed E-state index contributed by atoms with van der Waals surface area (Å²) >= 11 is 0. The summed E-state index contributed by atoms with van der Waals surface area (Å²) in [6, 6.07) is 5.96. The topological polar surface area (TPSA) is 49.3 Å². The maximum atomic E-state index is 12.0. The first-order valence-corrected chi connectivity index (χ1v) is 6.53. The van der Waals surface area contributed by atoms with Gasteiger partial charge in [0, 0.05) is 24.1 Å². The Hall–Kier alpha value is -1.35. The lowest BCUT2D eigenvalue weighted by molar-refractivity contribution is 0.0911. The van der Waals surface area contributed by atoms with Crippen molar-refractivity contribution in [2.75, 3.05) is 13.2 Å². The molecular weight excluding hydrogens is 226 g/mol. The normalized spacial score (nSPS) is 14.4. The summed E-state index contributed by atoms with van der Waals surface area (Å²) in [6.45, 7) is 4.41. The molecule has 2 N–H and O–H groups in total. The number of aryl methyl sites for hydroxylation is 2. The minimum Gasteiger partial charge on any atom is -0.396 e. The molecule has 1 aromatic rings. The largest absolute Gasteiger partial charge is 0.396 e. The molecule has 1 aliphatic carbocycles. The second-order valence-electron chi connectivity index (χ2n) is 5.84. The molecule has 0 spiro atoms. The van der Waals surface area contributed by atoms with Crippen LogP contribution in [-0.2, 0) is 12.8 Å². The molecule has 3 heteroatoms. The van der Waals surface area contributed by atoms with Crippen LogP contribution in [-0.4, -0.2) is 24.2 Å². The molecule has 0 fully saturated rings. The van der Waals surface area contributed by atoms with Crippen LogP contribution in [0.25, 0.3) is 0 Å². The number of hydrogen-bond donors (Lipinski definition) is 2. The third-order valence-corrected chi connectivity index (χ3v) is 3.52. The average Bonchev–Trinajstić information content (AvgIpc) is 2.83. The molecule has 18 heavy (non-hydrogen) atoms. The first kappa shape index (κ1) is 13.1. The van der Waals surface area contributed by atoms with E-state index in [0.717, 1.165) is 18.4 Å². The zero-order valence-corrected chi connectivity index (χ0v) is 11.1. The molecule has 1 aliphatic rings. The van der Waals surface area contributed by atoms with Gasteiger partial charge < -0.3 is 10.4 Å². The van der Waals surface area contributed by atoms with E-state index in [-0.39, 0.29) is 17.9 Å². The summed E-state index contributed by atoms with van der Waals surface area (Å²) in [5.41, 5.74) is 3.14. The van der Waals surface area contributed by atoms with Crippen molar-refractivity contribution >= 4 is 5.91 Å². The van der Waals surface area contributed by atoms with Gasteiger partial charge in [0.05, 0.1) is 0 Å². The minimum absolute atomic E-state index is 0.0498.